The first kappa shape index (κ1) is 15.9. The molecule has 0 aliphatic heterocycles. The number of benzene rings is 1. The van der Waals surface area contributed by atoms with Crippen molar-refractivity contribution in [3.05, 3.63) is 47.3 Å². The number of hydrogen-bond donors (Lipinski definition) is 1. The van der Waals surface area contributed by atoms with Crippen LogP contribution in [0.25, 0.3) is 0 Å². The van der Waals surface area contributed by atoms with Crippen LogP contribution in [0.2, 0.25) is 0 Å². The summed E-state index contributed by atoms with van der Waals surface area (Å²) in [4.78, 5) is 0. The van der Waals surface area contributed by atoms with Crippen LogP contribution in [0.3, 0.4) is 0 Å². The van der Waals surface area contributed by atoms with E-state index in [1.807, 2.05) is 18.2 Å². The van der Waals surface area contributed by atoms with E-state index in [9.17, 15) is 20.2 Å². The van der Waals surface area contributed by atoms with Gasteiger partial charge in [-0.1, -0.05) is 24.3 Å². The van der Waals surface area contributed by atoms with Gasteiger partial charge in [-0.3, -0.25) is 0 Å². The second-order valence-electron chi connectivity index (χ2n) is 6.25. The Bertz CT molecular complexity index is 835. The SMILES string of the molecule is N#C[C@H]1C(=N)C(C#N)(C#N)[C@@H](c2ccccc2F)[C@H]2CCCC=C12. The highest BCUT2D eigenvalue weighted by Crippen LogP contribution is 2.55. The maximum atomic E-state index is 14.5. The third-order valence-electron chi connectivity index (χ3n) is 5.17. The molecule has 1 N–H and O–H groups in total. The molecule has 24 heavy (non-hydrogen) atoms. The molecule has 4 nitrogen and oxygen atoms in total. The molecular formula is C19H15FN4. The van der Waals surface area contributed by atoms with Gasteiger partial charge in [0.05, 0.1) is 23.9 Å². The molecule has 0 radical (unpaired) electrons. The van der Waals surface area contributed by atoms with E-state index in [4.69, 9.17) is 5.41 Å². The van der Waals surface area contributed by atoms with Crippen molar-refractivity contribution >= 4 is 5.71 Å². The van der Waals surface area contributed by atoms with Gasteiger partial charge in [0.25, 0.3) is 0 Å². The zero-order valence-electron chi connectivity index (χ0n) is 13.0. The zero-order chi connectivity index (χ0) is 17.3. The molecule has 0 amide bonds. The molecule has 0 unspecified atom stereocenters. The van der Waals surface area contributed by atoms with Gasteiger partial charge in [0.15, 0.2) is 5.41 Å². The number of nitrogens with zero attached hydrogens (tertiary/aromatic N) is 3. The first-order valence-corrected chi connectivity index (χ1v) is 7.86. The standard InChI is InChI=1S/C19H15FN4/c20-16-8-4-3-7-14(16)17-13-6-2-1-5-12(13)15(9-21)18(24)19(17,10-22)11-23/h3-5,7-8,13,15,17,24H,1-2,6H2/t13-,15+,17+/m0/s1. The lowest BCUT2D eigenvalue weighted by Gasteiger charge is -2.45. The lowest BCUT2D eigenvalue weighted by Crippen LogP contribution is -2.49. The summed E-state index contributed by atoms with van der Waals surface area (Å²) in [7, 11) is 0. The second kappa shape index (κ2) is 5.91. The normalized spacial score (nSPS) is 27.8. The van der Waals surface area contributed by atoms with Gasteiger partial charge in [0.1, 0.15) is 11.7 Å². The molecule has 1 saturated carbocycles. The van der Waals surface area contributed by atoms with Gasteiger partial charge in [-0.05, 0) is 42.4 Å². The van der Waals surface area contributed by atoms with E-state index in [2.05, 4.69) is 6.07 Å². The summed E-state index contributed by atoms with van der Waals surface area (Å²) in [6.45, 7) is 0. The fourth-order valence-electron chi connectivity index (χ4n) is 4.08. The molecule has 0 saturated heterocycles. The molecule has 3 rings (SSSR count). The van der Waals surface area contributed by atoms with Crippen LogP contribution in [0.5, 0.6) is 0 Å². The van der Waals surface area contributed by atoms with Crippen molar-refractivity contribution in [3.8, 4) is 18.2 Å². The Morgan fingerprint density at radius 3 is 2.50 bits per heavy atom. The maximum Gasteiger partial charge on any atom is 0.189 e. The highest BCUT2D eigenvalue weighted by atomic mass is 19.1. The Morgan fingerprint density at radius 1 is 1.17 bits per heavy atom. The van der Waals surface area contributed by atoms with E-state index >= 15 is 0 Å². The minimum Gasteiger partial charge on any atom is -0.305 e. The van der Waals surface area contributed by atoms with Gasteiger partial charge in [0, 0.05) is 5.92 Å². The quantitative estimate of drug-likeness (QED) is 0.797. The van der Waals surface area contributed by atoms with Crippen molar-refractivity contribution in [1.82, 2.24) is 0 Å². The van der Waals surface area contributed by atoms with Crippen LogP contribution in [0.15, 0.2) is 35.9 Å². The topological polar surface area (TPSA) is 95.2 Å². The van der Waals surface area contributed by atoms with Gasteiger partial charge in [-0.25, -0.2) is 4.39 Å². The molecule has 1 aromatic rings. The summed E-state index contributed by atoms with van der Waals surface area (Å²) in [6.07, 6.45) is 4.27. The molecule has 118 valence electrons. The zero-order valence-corrected chi connectivity index (χ0v) is 13.0. The molecule has 2 aliphatic rings. The van der Waals surface area contributed by atoms with Crippen LogP contribution in [0.1, 0.15) is 30.7 Å². The van der Waals surface area contributed by atoms with Crippen molar-refractivity contribution in [3.63, 3.8) is 0 Å². The lowest BCUT2D eigenvalue weighted by molar-refractivity contribution is 0.313. The van der Waals surface area contributed by atoms with E-state index in [-0.39, 0.29) is 17.2 Å². The lowest BCUT2D eigenvalue weighted by atomic mass is 9.53. The Hall–Kier alpha value is -2.97. The van der Waals surface area contributed by atoms with E-state index in [0.29, 0.717) is 6.42 Å². The van der Waals surface area contributed by atoms with Crippen LogP contribution in [0.4, 0.5) is 4.39 Å². The van der Waals surface area contributed by atoms with Crippen molar-refractivity contribution < 1.29 is 4.39 Å². The molecule has 1 fully saturated rings. The van der Waals surface area contributed by atoms with Crippen LogP contribution >= 0.6 is 0 Å². The predicted molar refractivity (Wildman–Crippen MR) is 85.1 cm³/mol. The first-order valence-electron chi connectivity index (χ1n) is 7.86. The number of allylic oxidation sites excluding steroid dienone is 2. The monoisotopic (exact) mass is 318 g/mol. The highest BCUT2D eigenvalue weighted by molar-refractivity contribution is 6.00. The average Bonchev–Trinajstić information content (AvgIpc) is 2.62. The molecule has 5 heteroatoms. The fraction of sp³-hybridized carbons (Fsp3) is 0.368. The average molecular weight is 318 g/mol. The molecular weight excluding hydrogens is 303 g/mol. The maximum absolute atomic E-state index is 14.5. The molecule has 0 spiro atoms. The number of nitrogens with one attached hydrogen (secondary N) is 1. The Kier molecular flexibility index (Phi) is 3.92. The summed E-state index contributed by atoms with van der Waals surface area (Å²) in [5.41, 5.74) is -1.00. The van der Waals surface area contributed by atoms with Gasteiger partial charge in [-0.2, -0.15) is 15.8 Å². The van der Waals surface area contributed by atoms with Gasteiger partial charge >= 0.3 is 0 Å². The molecule has 1 aromatic carbocycles. The fourth-order valence-corrected chi connectivity index (χ4v) is 4.08. The van der Waals surface area contributed by atoms with Gasteiger partial charge in [0.2, 0.25) is 0 Å². The van der Waals surface area contributed by atoms with Crippen molar-refractivity contribution in [2.45, 2.75) is 25.2 Å². The number of rotatable bonds is 1. The predicted octanol–water partition coefficient (Wildman–Crippen LogP) is 3.84. The summed E-state index contributed by atoms with van der Waals surface area (Å²) in [5.74, 6) is -2.39. The summed E-state index contributed by atoms with van der Waals surface area (Å²) >= 11 is 0. The number of nitriles is 3. The molecule has 3 atom stereocenters. The van der Waals surface area contributed by atoms with Crippen LogP contribution in [-0.4, -0.2) is 5.71 Å². The molecule has 0 heterocycles. The summed E-state index contributed by atoms with van der Waals surface area (Å²) in [6, 6.07) is 12.1. The van der Waals surface area contributed by atoms with Crippen LogP contribution in [-0.2, 0) is 0 Å². The Labute approximate surface area is 140 Å². The van der Waals surface area contributed by atoms with Gasteiger partial charge < -0.3 is 5.41 Å². The van der Waals surface area contributed by atoms with E-state index in [0.717, 1.165) is 18.4 Å². The van der Waals surface area contributed by atoms with E-state index < -0.39 is 23.1 Å². The summed E-state index contributed by atoms with van der Waals surface area (Å²) < 4.78 is 14.5. The smallest absolute Gasteiger partial charge is 0.189 e. The largest absolute Gasteiger partial charge is 0.305 e. The molecule has 0 bridgehead atoms. The van der Waals surface area contributed by atoms with Gasteiger partial charge in [-0.15, -0.1) is 0 Å². The van der Waals surface area contributed by atoms with Crippen molar-refractivity contribution in [2.24, 2.45) is 17.3 Å². The summed E-state index contributed by atoms with van der Waals surface area (Å²) in [5, 5.41) is 37.5. The third-order valence-corrected chi connectivity index (χ3v) is 5.17. The van der Waals surface area contributed by atoms with Crippen LogP contribution < -0.4 is 0 Å². The van der Waals surface area contributed by atoms with Crippen molar-refractivity contribution in [1.29, 1.82) is 21.2 Å². The molecule has 2 aliphatic carbocycles. The van der Waals surface area contributed by atoms with Crippen molar-refractivity contribution in [2.75, 3.05) is 0 Å². The number of halogens is 1. The highest BCUT2D eigenvalue weighted by Gasteiger charge is 2.57. The van der Waals surface area contributed by atoms with E-state index in [1.54, 1.807) is 18.2 Å². The number of fused-ring (bicyclic) bond motifs is 1. The minimum absolute atomic E-state index is 0.229. The third kappa shape index (κ3) is 2.04. The Morgan fingerprint density at radius 2 is 1.88 bits per heavy atom. The Balaban J connectivity index is 2.29. The molecule has 0 aromatic heterocycles. The van der Waals surface area contributed by atoms with Crippen LogP contribution in [0, 0.1) is 62.5 Å². The second-order valence-corrected chi connectivity index (χ2v) is 6.25. The first-order chi connectivity index (χ1) is 11.6. The van der Waals surface area contributed by atoms with E-state index in [1.165, 1.54) is 6.07 Å². The number of hydrogen-bond acceptors (Lipinski definition) is 4. The minimum atomic E-state index is -1.82.